The van der Waals surface area contributed by atoms with Crippen molar-refractivity contribution in [3.05, 3.63) is 0 Å². The van der Waals surface area contributed by atoms with Gasteiger partial charge in [0.15, 0.2) is 0 Å². The molecule has 4 aliphatic carbocycles. The van der Waals surface area contributed by atoms with Crippen LogP contribution in [-0.2, 0) is 9.59 Å². The van der Waals surface area contributed by atoms with Crippen LogP contribution in [0, 0.1) is 46.3 Å². The maximum absolute atomic E-state index is 12.1. The van der Waals surface area contributed by atoms with Gasteiger partial charge in [-0.2, -0.15) is 0 Å². The van der Waals surface area contributed by atoms with E-state index in [9.17, 15) is 19.8 Å². The Morgan fingerprint density at radius 2 is 1.89 bits per heavy atom. The Labute approximate surface area is 169 Å². The molecule has 4 fully saturated rings. The van der Waals surface area contributed by atoms with Crippen LogP contribution in [0.5, 0.6) is 0 Å². The van der Waals surface area contributed by atoms with Crippen LogP contribution >= 0.6 is 0 Å². The molecular formula is C24H37O4-. The van der Waals surface area contributed by atoms with Crippen molar-refractivity contribution in [1.29, 1.82) is 0 Å². The molecular weight excluding hydrogens is 352 g/mol. The Morgan fingerprint density at radius 1 is 1.18 bits per heavy atom. The van der Waals surface area contributed by atoms with Crippen molar-refractivity contribution in [1.82, 2.24) is 0 Å². The van der Waals surface area contributed by atoms with E-state index < -0.39 is 5.97 Å². The van der Waals surface area contributed by atoms with Crippen LogP contribution in [0.2, 0.25) is 0 Å². The van der Waals surface area contributed by atoms with E-state index in [1.807, 2.05) is 0 Å². The first-order valence-electron chi connectivity index (χ1n) is 11.6. The number of hydrogen-bond acceptors (Lipinski definition) is 4. The molecule has 0 saturated heterocycles. The largest absolute Gasteiger partial charge is 0.550 e. The van der Waals surface area contributed by atoms with Gasteiger partial charge >= 0.3 is 0 Å². The summed E-state index contributed by atoms with van der Waals surface area (Å²) in [5.41, 5.74) is 0.416. The van der Waals surface area contributed by atoms with Crippen LogP contribution < -0.4 is 5.11 Å². The number of carbonyl (C=O) groups is 2. The van der Waals surface area contributed by atoms with E-state index in [0.717, 1.165) is 38.5 Å². The van der Waals surface area contributed by atoms with Gasteiger partial charge in [0.2, 0.25) is 0 Å². The Balaban J connectivity index is 1.56. The number of hydrogen-bond donors (Lipinski definition) is 1. The highest BCUT2D eigenvalue weighted by molar-refractivity contribution is 5.79. The predicted molar refractivity (Wildman–Crippen MR) is 105 cm³/mol. The van der Waals surface area contributed by atoms with E-state index in [1.165, 1.54) is 6.42 Å². The molecule has 4 saturated carbocycles. The molecule has 0 heterocycles. The second-order valence-corrected chi connectivity index (χ2v) is 11.2. The number of carboxylic acid groups (broad SMARTS) is 1. The quantitative estimate of drug-likeness (QED) is 0.800. The second-order valence-electron chi connectivity index (χ2n) is 11.2. The van der Waals surface area contributed by atoms with Crippen molar-refractivity contribution < 1.29 is 19.8 Å². The van der Waals surface area contributed by atoms with Crippen LogP contribution in [0.1, 0.15) is 85.0 Å². The van der Waals surface area contributed by atoms with E-state index in [-0.39, 0.29) is 23.4 Å². The van der Waals surface area contributed by atoms with Gasteiger partial charge in [-0.05, 0) is 97.7 Å². The van der Waals surface area contributed by atoms with Gasteiger partial charge in [0.25, 0.3) is 0 Å². The second kappa shape index (κ2) is 7.11. The SMILES string of the molecule is C[C@H](CCC(=O)[O-])[C@H]1CC[C@H]2[C@@H]3[C@H](O)C[C@@H]4CC(=O)CC[C@]4(C)[C@H]3CC[C@]12C. The van der Waals surface area contributed by atoms with Crippen LogP contribution in [-0.4, -0.2) is 23.0 Å². The zero-order valence-corrected chi connectivity index (χ0v) is 17.8. The highest BCUT2D eigenvalue weighted by Crippen LogP contribution is 2.68. The zero-order valence-electron chi connectivity index (χ0n) is 17.8. The third-order valence-electron chi connectivity index (χ3n) is 10.1. The molecule has 0 bridgehead atoms. The number of carbonyl (C=O) groups excluding carboxylic acids is 2. The van der Waals surface area contributed by atoms with Gasteiger partial charge in [0.05, 0.1) is 6.10 Å². The molecule has 9 atom stereocenters. The topological polar surface area (TPSA) is 77.4 Å². The van der Waals surface area contributed by atoms with Crippen molar-refractivity contribution in [3.63, 3.8) is 0 Å². The molecule has 0 radical (unpaired) electrons. The Morgan fingerprint density at radius 3 is 2.61 bits per heavy atom. The molecule has 4 nitrogen and oxygen atoms in total. The number of fused-ring (bicyclic) bond motifs is 5. The molecule has 0 unspecified atom stereocenters. The van der Waals surface area contributed by atoms with Crippen LogP contribution in [0.4, 0.5) is 0 Å². The molecule has 0 aromatic carbocycles. The van der Waals surface area contributed by atoms with Crippen LogP contribution in [0.25, 0.3) is 0 Å². The summed E-state index contributed by atoms with van der Waals surface area (Å²) in [6, 6.07) is 0. The number of rotatable bonds is 4. The normalized spacial score (nSPS) is 49.1. The number of aliphatic carboxylic acids is 1. The summed E-state index contributed by atoms with van der Waals surface area (Å²) < 4.78 is 0. The van der Waals surface area contributed by atoms with Gasteiger partial charge < -0.3 is 15.0 Å². The fourth-order valence-corrected chi connectivity index (χ4v) is 8.53. The average molecular weight is 390 g/mol. The van der Waals surface area contributed by atoms with Gasteiger partial charge in [-0.25, -0.2) is 0 Å². The van der Waals surface area contributed by atoms with Crippen LogP contribution in [0.15, 0.2) is 0 Å². The number of aliphatic hydroxyl groups excluding tert-OH is 1. The minimum Gasteiger partial charge on any atom is -0.550 e. The number of carboxylic acids is 1. The molecule has 0 aliphatic heterocycles. The fourth-order valence-electron chi connectivity index (χ4n) is 8.53. The minimum absolute atomic E-state index is 0.154. The molecule has 4 heteroatoms. The van der Waals surface area contributed by atoms with Gasteiger partial charge in [0.1, 0.15) is 5.78 Å². The lowest BCUT2D eigenvalue weighted by molar-refractivity contribution is -0.306. The summed E-state index contributed by atoms with van der Waals surface area (Å²) in [6.07, 6.45) is 8.41. The number of aliphatic hydroxyl groups is 1. The zero-order chi connectivity index (χ0) is 20.3. The maximum Gasteiger partial charge on any atom is 0.133 e. The summed E-state index contributed by atoms with van der Waals surface area (Å²) in [4.78, 5) is 23.0. The third-order valence-corrected chi connectivity index (χ3v) is 10.1. The summed E-state index contributed by atoms with van der Waals surface area (Å²) in [6.45, 7) is 7.05. The van der Waals surface area contributed by atoms with E-state index in [0.29, 0.717) is 54.1 Å². The van der Waals surface area contributed by atoms with E-state index in [2.05, 4.69) is 20.8 Å². The summed E-state index contributed by atoms with van der Waals surface area (Å²) in [5, 5.41) is 22.1. The number of ketones is 1. The molecule has 28 heavy (non-hydrogen) atoms. The van der Waals surface area contributed by atoms with Gasteiger partial charge in [-0.1, -0.05) is 20.8 Å². The number of Topliss-reactive ketones (excluding diaryl/α,β-unsaturated/α-hetero) is 1. The summed E-state index contributed by atoms with van der Waals surface area (Å²) in [7, 11) is 0. The lowest BCUT2D eigenvalue weighted by atomic mass is 9.44. The third kappa shape index (κ3) is 3.05. The first-order chi connectivity index (χ1) is 13.2. The van der Waals surface area contributed by atoms with Gasteiger partial charge in [0, 0.05) is 18.8 Å². The molecule has 4 rings (SSSR count). The fraction of sp³-hybridized carbons (Fsp3) is 0.917. The first-order valence-corrected chi connectivity index (χ1v) is 11.6. The molecule has 0 spiro atoms. The van der Waals surface area contributed by atoms with Crippen LogP contribution in [0.3, 0.4) is 0 Å². The Hall–Kier alpha value is -0.900. The van der Waals surface area contributed by atoms with Gasteiger partial charge in [-0.15, -0.1) is 0 Å². The molecule has 158 valence electrons. The Kier molecular flexibility index (Phi) is 5.17. The lowest BCUT2D eigenvalue weighted by Gasteiger charge is -2.62. The van der Waals surface area contributed by atoms with Crippen molar-refractivity contribution in [2.75, 3.05) is 0 Å². The minimum atomic E-state index is -0.941. The van der Waals surface area contributed by atoms with Crippen molar-refractivity contribution >= 4 is 11.8 Å². The van der Waals surface area contributed by atoms with Crippen molar-refractivity contribution in [2.24, 2.45) is 46.3 Å². The summed E-state index contributed by atoms with van der Waals surface area (Å²) in [5.74, 6) is 2.15. The molecule has 1 N–H and O–H groups in total. The van der Waals surface area contributed by atoms with E-state index in [4.69, 9.17) is 0 Å². The molecule has 4 aliphatic rings. The van der Waals surface area contributed by atoms with Crippen molar-refractivity contribution in [2.45, 2.75) is 91.1 Å². The average Bonchev–Trinajstić information content (AvgIpc) is 2.98. The lowest BCUT2D eigenvalue weighted by Crippen LogP contribution is -2.58. The summed E-state index contributed by atoms with van der Waals surface area (Å²) >= 11 is 0. The first kappa shape index (κ1) is 20.4. The Bertz CT molecular complexity index is 645. The molecule has 0 aromatic rings. The highest BCUT2D eigenvalue weighted by Gasteiger charge is 2.62. The van der Waals surface area contributed by atoms with E-state index >= 15 is 0 Å². The predicted octanol–water partition coefficient (Wildman–Crippen LogP) is 3.35. The maximum atomic E-state index is 12.1. The standard InChI is InChI=1S/C24H38O4/c1-14(4-7-21(27)28)17-5-6-18-22-19(9-11-24(17,18)3)23(2)10-8-16(25)12-15(23)13-20(22)26/h14-15,17-20,22,26H,4-13H2,1-3H3,(H,27,28)/p-1/t14-,15+,17-,18+,19+,20-,22+,23+,24-/m1/s1. The van der Waals surface area contributed by atoms with Crippen molar-refractivity contribution in [3.8, 4) is 0 Å². The smallest absolute Gasteiger partial charge is 0.133 e. The molecule has 0 aromatic heterocycles. The molecule has 0 amide bonds. The van der Waals surface area contributed by atoms with Gasteiger partial charge in [-0.3, -0.25) is 4.79 Å². The highest BCUT2D eigenvalue weighted by atomic mass is 16.4. The van der Waals surface area contributed by atoms with E-state index in [1.54, 1.807) is 0 Å². The monoisotopic (exact) mass is 389 g/mol.